The molecule has 0 radical (unpaired) electrons. The van der Waals surface area contributed by atoms with Crippen LogP contribution in [0.5, 0.6) is 0 Å². The molecule has 0 rings (SSSR count). The van der Waals surface area contributed by atoms with Gasteiger partial charge in [-0.05, 0) is 19.3 Å². The number of guanidine groups is 1. The molecule has 0 heterocycles. The summed E-state index contributed by atoms with van der Waals surface area (Å²) >= 11 is 0. The van der Waals surface area contributed by atoms with Crippen LogP contribution >= 0.6 is 0 Å². The van der Waals surface area contributed by atoms with Crippen LogP contribution in [0.25, 0.3) is 0 Å². The first-order valence-electron chi connectivity index (χ1n) is 7.32. The van der Waals surface area contributed by atoms with E-state index in [9.17, 15) is 8.42 Å². The molecule has 0 saturated carbocycles. The highest BCUT2D eigenvalue weighted by Gasteiger charge is 2.00. The molecular formula is C13H30N4O2S. The molecule has 0 bridgehead atoms. The molecule has 0 unspecified atom stereocenters. The van der Waals surface area contributed by atoms with E-state index in [0.717, 1.165) is 37.6 Å². The van der Waals surface area contributed by atoms with Crippen molar-refractivity contribution in [3.8, 4) is 0 Å². The summed E-state index contributed by atoms with van der Waals surface area (Å²) in [7, 11) is -3.12. The fourth-order valence-electron chi connectivity index (χ4n) is 1.61. The Balaban J connectivity index is 3.90. The van der Waals surface area contributed by atoms with Gasteiger partial charge in [0.05, 0.1) is 6.26 Å². The van der Waals surface area contributed by atoms with Gasteiger partial charge in [-0.2, -0.15) is 0 Å². The van der Waals surface area contributed by atoms with Crippen molar-refractivity contribution in [2.75, 3.05) is 32.4 Å². The maximum absolute atomic E-state index is 10.9. The summed E-state index contributed by atoms with van der Waals surface area (Å²) in [5.74, 6) is 1.49. The molecule has 20 heavy (non-hydrogen) atoms. The predicted molar refractivity (Wildman–Crippen MR) is 85.5 cm³/mol. The first kappa shape index (κ1) is 19.2. The fraction of sp³-hybridized carbons (Fsp3) is 0.923. The molecule has 6 nitrogen and oxygen atoms in total. The number of nitrogens with one attached hydrogen (secondary N) is 3. The topological polar surface area (TPSA) is 82.6 Å². The number of hydrogen-bond acceptors (Lipinski definition) is 3. The third kappa shape index (κ3) is 13.6. The Morgan fingerprint density at radius 1 is 1.15 bits per heavy atom. The number of nitrogens with zero attached hydrogens (tertiary/aromatic N) is 1. The van der Waals surface area contributed by atoms with Crippen LogP contribution in [0.3, 0.4) is 0 Å². The molecule has 120 valence electrons. The Morgan fingerprint density at radius 2 is 1.85 bits per heavy atom. The molecule has 0 amide bonds. The molecule has 0 saturated heterocycles. The van der Waals surface area contributed by atoms with E-state index in [0.29, 0.717) is 13.1 Å². The van der Waals surface area contributed by atoms with Gasteiger partial charge in [0.15, 0.2) is 5.96 Å². The van der Waals surface area contributed by atoms with Crippen LogP contribution in [-0.4, -0.2) is 46.8 Å². The van der Waals surface area contributed by atoms with Gasteiger partial charge in [-0.25, -0.2) is 13.1 Å². The largest absolute Gasteiger partial charge is 0.357 e. The summed E-state index contributed by atoms with van der Waals surface area (Å²) < 4.78 is 24.3. The molecule has 0 fully saturated rings. The average Bonchev–Trinajstić information content (AvgIpc) is 2.32. The summed E-state index contributed by atoms with van der Waals surface area (Å²) in [5, 5.41) is 6.25. The number of hydrogen-bond donors (Lipinski definition) is 3. The van der Waals surface area contributed by atoms with E-state index in [1.807, 2.05) is 6.92 Å². The molecule has 0 spiro atoms. The minimum Gasteiger partial charge on any atom is -0.357 e. The first-order chi connectivity index (χ1) is 9.35. The van der Waals surface area contributed by atoms with E-state index < -0.39 is 10.0 Å². The molecule has 0 aliphatic rings. The number of rotatable bonds is 10. The number of aliphatic imine (C=N–C) groups is 1. The minimum atomic E-state index is -3.12. The van der Waals surface area contributed by atoms with Crippen LogP contribution in [0.4, 0.5) is 0 Å². The Hall–Kier alpha value is -0.820. The van der Waals surface area contributed by atoms with Gasteiger partial charge in [0.25, 0.3) is 0 Å². The highest BCUT2D eigenvalue weighted by molar-refractivity contribution is 7.88. The van der Waals surface area contributed by atoms with E-state index in [-0.39, 0.29) is 0 Å². The van der Waals surface area contributed by atoms with Crippen molar-refractivity contribution in [3.63, 3.8) is 0 Å². The lowest BCUT2D eigenvalue weighted by Crippen LogP contribution is -2.41. The lowest BCUT2D eigenvalue weighted by atomic mass is 10.1. The van der Waals surface area contributed by atoms with E-state index in [1.165, 1.54) is 12.8 Å². The van der Waals surface area contributed by atoms with E-state index in [4.69, 9.17) is 0 Å². The second-order valence-corrected chi connectivity index (χ2v) is 7.08. The summed E-state index contributed by atoms with van der Waals surface area (Å²) in [4.78, 5) is 4.46. The predicted octanol–water partition coefficient (Wildman–Crippen LogP) is 0.917. The Morgan fingerprint density at radius 3 is 2.40 bits per heavy atom. The Bertz CT molecular complexity index is 367. The smallest absolute Gasteiger partial charge is 0.208 e. The van der Waals surface area contributed by atoms with Crippen molar-refractivity contribution in [3.05, 3.63) is 0 Å². The Kier molecular flexibility index (Phi) is 10.5. The standard InChI is InChI=1S/C13H30N4O2S/c1-5-14-13(15-9-7-6-8-12(2)3)16-10-11-17-20(4,18)19/h12,17H,5-11H2,1-4H3,(H2,14,15,16). The van der Waals surface area contributed by atoms with Crippen LogP contribution < -0.4 is 15.4 Å². The van der Waals surface area contributed by atoms with Gasteiger partial charge in [-0.15, -0.1) is 0 Å². The van der Waals surface area contributed by atoms with E-state index in [1.54, 1.807) is 0 Å². The number of sulfonamides is 1. The molecule has 3 N–H and O–H groups in total. The monoisotopic (exact) mass is 306 g/mol. The van der Waals surface area contributed by atoms with Gasteiger partial charge >= 0.3 is 0 Å². The second kappa shape index (κ2) is 10.9. The van der Waals surface area contributed by atoms with Gasteiger partial charge in [0.1, 0.15) is 0 Å². The van der Waals surface area contributed by atoms with Crippen molar-refractivity contribution in [1.82, 2.24) is 15.4 Å². The maximum Gasteiger partial charge on any atom is 0.208 e. The lowest BCUT2D eigenvalue weighted by molar-refractivity contribution is 0.541. The normalized spacial score (nSPS) is 12.8. The van der Waals surface area contributed by atoms with Crippen LogP contribution in [-0.2, 0) is 10.0 Å². The molecule has 0 aromatic carbocycles. The summed E-state index contributed by atoms with van der Waals surface area (Å²) in [6, 6.07) is 0. The van der Waals surface area contributed by atoms with E-state index >= 15 is 0 Å². The van der Waals surface area contributed by atoms with Crippen LogP contribution in [0, 0.1) is 5.92 Å². The highest BCUT2D eigenvalue weighted by Crippen LogP contribution is 2.05. The van der Waals surface area contributed by atoms with Crippen molar-refractivity contribution < 1.29 is 8.42 Å². The molecule has 7 heteroatoms. The summed E-state index contributed by atoms with van der Waals surface area (Å²) in [6.07, 6.45) is 4.66. The minimum absolute atomic E-state index is 0.358. The number of unbranched alkanes of at least 4 members (excludes halogenated alkanes) is 1. The van der Waals surface area contributed by atoms with Gasteiger partial charge in [-0.3, -0.25) is 4.99 Å². The molecular weight excluding hydrogens is 276 g/mol. The van der Waals surface area contributed by atoms with Crippen molar-refractivity contribution in [2.45, 2.75) is 40.0 Å². The van der Waals surface area contributed by atoms with Gasteiger partial charge in [-0.1, -0.05) is 26.7 Å². The quantitative estimate of drug-likeness (QED) is 0.318. The third-order valence-corrected chi connectivity index (χ3v) is 3.31. The summed E-state index contributed by atoms with van der Waals surface area (Å²) in [5.41, 5.74) is 0. The first-order valence-corrected chi connectivity index (χ1v) is 9.21. The third-order valence-electron chi connectivity index (χ3n) is 2.59. The van der Waals surface area contributed by atoms with E-state index in [2.05, 4.69) is 34.2 Å². The molecule has 0 aromatic rings. The maximum atomic E-state index is 10.9. The van der Waals surface area contributed by atoms with Crippen LogP contribution in [0.15, 0.2) is 4.99 Å². The van der Waals surface area contributed by atoms with Crippen molar-refractivity contribution in [2.24, 2.45) is 10.9 Å². The lowest BCUT2D eigenvalue weighted by Gasteiger charge is -2.11. The van der Waals surface area contributed by atoms with Crippen molar-refractivity contribution >= 4 is 16.0 Å². The molecule has 0 atom stereocenters. The average molecular weight is 306 g/mol. The van der Waals surface area contributed by atoms with Gasteiger partial charge in [0.2, 0.25) is 10.0 Å². The second-order valence-electron chi connectivity index (χ2n) is 5.24. The SMILES string of the molecule is CCNC(=NCCCCC(C)C)NCCNS(C)(=O)=O. The molecule has 0 aliphatic carbocycles. The van der Waals surface area contributed by atoms with Crippen molar-refractivity contribution in [1.29, 1.82) is 0 Å². The zero-order valence-electron chi connectivity index (χ0n) is 13.2. The zero-order valence-corrected chi connectivity index (χ0v) is 14.0. The Labute approximate surface area is 123 Å². The summed E-state index contributed by atoms with van der Waals surface area (Å²) in [6.45, 7) is 8.92. The highest BCUT2D eigenvalue weighted by atomic mass is 32.2. The van der Waals surface area contributed by atoms with Crippen LogP contribution in [0.2, 0.25) is 0 Å². The zero-order chi connectivity index (χ0) is 15.4. The van der Waals surface area contributed by atoms with Crippen LogP contribution in [0.1, 0.15) is 40.0 Å². The fourth-order valence-corrected chi connectivity index (χ4v) is 2.09. The molecule has 0 aromatic heterocycles. The van der Waals surface area contributed by atoms with Gasteiger partial charge in [0, 0.05) is 26.2 Å². The molecule has 0 aliphatic heterocycles. The van der Waals surface area contributed by atoms with Gasteiger partial charge < -0.3 is 10.6 Å².